The van der Waals surface area contributed by atoms with E-state index < -0.39 is 0 Å². The molecule has 2 unspecified atom stereocenters. The van der Waals surface area contributed by atoms with E-state index in [-0.39, 0.29) is 6.61 Å². The van der Waals surface area contributed by atoms with Crippen molar-refractivity contribution in [1.82, 2.24) is 0 Å². The molecule has 0 saturated carbocycles. The molecule has 1 N–H and O–H groups in total. The first-order valence-corrected chi connectivity index (χ1v) is 10.2. The fourth-order valence-electron chi connectivity index (χ4n) is 1.04. The van der Waals surface area contributed by atoms with E-state index in [0.29, 0.717) is 28.1 Å². The molecule has 17 heavy (non-hydrogen) atoms. The van der Waals surface area contributed by atoms with Crippen LogP contribution in [0.15, 0.2) is 0 Å². The second-order valence-corrected chi connectivity index (χ2v) is 8.13. The minimum absolute atomic E-state index is 0.221. The summed E-state index contributed by atoms with van der Waals surface area (Å²) in [5.74, 6) is 5.76. The Morgan fingerprint density at radius 1 is 0.882 bits per heavy atom. The van der Waals surface area contributed by atoms with E-state index in [1.807, 2.05) is 23.5 Å². The first-order chi connectivity index (χ1) is 8.28. The highest BCUT2D eigenvalue weighted by Gasteiger charge is 2.11. The van der Waals surface area contributed by atoms with Gasteiger partial charge in [0.15, 0.2) is 0 Å². The number of aliphatic hydroxyl groups excluding tert-OH is 1. The van der Waals surface area contributed by atoms with Crippen molar-refractivity contribution < 1.29 is 5.11 Å². The number of halogens is 3. The highest BCUT2D eigenvalue weighted by molar-refractivity contribution is 8.05. The lowest BCUT2D eigenvalue weighted by Gasteiger charge is -2.15. The molecule has 0 radical (unpaired) electrons. The highest BCUT2D eigenvalue weighted by Crippen LogP contribution is 2.22. The Kier molecular flexibility index (Phi) is 15.9. The van der Waals surface area contributed by atoms with Crippen LogP contribution in [0.3, 0.4) is 0 Å². The Morgan fingerprint density at radius 2 is 1.41 bits per heavy atom. The Bertz CT molecular complexity index is 150. The summed E-state index contributed by atoms with van der Waals surface area (Å²) in [6, 6.07) is 0. The quantitative estimate of drug-likeness (QED) is 0.538. The van der Waals surface area contributed by atoms with Gasteiger partial charge < -0.3 is 5.11 Å². The third-order valence-corrected chi connectivity index (χ3v) is 7.52. The summed E-state index contributed by atoms with van der Waals surface area (Å²) in [5, 5.41) is 9.65. The third kappa shape index (κ3) is 11.4. The lowest BCUT2D eigenvalue weighted by molar-refractivity contribution is 0.322. The SMILES string of the molecule is OCCSC(CCl)CSCC(CCl)SCCCl. The van der Waals surface area contributed by atoms with E-state index in [1.165, 1.54) is 0 Å². The minimum atomic E-state index is 0.221. The fourth-order valence-corrected chi connectivity index (χ4v) is 5.60. The molecule has 0 aliphatic carbocycles. The first-order valence-electron chi connectivity index (χ1n) is 5.38. The summed E-state index contributed by atoms with van der Waals surface area (Å²) in [6.07, 6.45) is 0. The van der Waals surface area contributed by atoms with Crippen LogP contribution in [0, 0.1) is 0 Å². The first kappa shape index (κ1) is 18.9. The average Bonchev–Trinajstić information content (AvgIpc) is 2.37. The van der Waals surface area contributed by atoms with Gasteiger partial charge in [0.1, 0.15) is 0 Å². The van der Waals surface area contributed by atoms with Crippen molar-refractivity contribution in [1.29, 1.82) is 0 Å². The Morgan fingerprint density at radius 3 is 1.82 bits per heavy atom. The third-order valence-electron chi connectivity index (χ3n) is 1.83. The summed E-state index contributed by atoms with van der Waals surface area (Å²) >= 11 is 22.9. The van der Waals surface area contributed by atoms with E-state index in [4.69, 9.17) is 39.9 Å². The number of rotatable bonds is 12. The van der Waals surface area contributed by atoms with Crippen LogP contribution in [-0.4, -0.2) is 62.9 Å². The highest BCUT2D eigenvalue weighted by atomic mass is 35.5. The Labute approximate surface area is 132 Å². The maximum absolute atomic E-state index is 8.76. The predicted octanol–water partition coefficient (Wildman–Crippen LogP) is 3.63. The zero-order valence-corrected chi connectivity index (χ0v) is 14.3. The number of aliphatic hydroxyl groups is 1. The largest absolute Gasteiger partial charge is 0.396 e. The van der Waals surface area contributed by atoms with Crippen LogP contribution in [0.1, 0.15) is 0 Å². The molecule has 0 aliphatic rings. The molecule has 0 bridgehead atoms. The smallest absolute Gasteiger partial charge is 0.0521 e. The number of alkyl halides is 3. The van der Waals surface area contributed by atoms with Crippen LogP contribution in [0.5, 0.6) is 0 Å². The molecule has 0 aromatic rings. The fraction of sp³-hybridized carbons (Fsp3) is 1.00. The van der Waals surface area contributed by atoms with Gasteiger partial charge in [-0.15, -0.1) is 34.8 Å². The van der Waals surface area contributed by atoms with Crippen molar-refractivity contribution >= 4 is 70.1 Å². The van der Waals surface area contributed by atoms with Gasteiger partial charge in [0.25, 0.3) is 0 Å². The Hall–Kier alpha value is 1.88. The van der Waals surface area contributed by atoms with E-state index in [0.717, 1.165) is 23.0 Å². The summed E-state index contributed by atoms with van der Waals surface area (Å²) in [7, 11) is 0. The second-order valence-electron chi connectivity index (χ2n) is 3.24. The predicted molar refractivity (Wildman–Crippen MR) is 89.1 cm³/mol. The summed E-state index contributed by atoms with van der Waals surface area (Å²) in [5.41, 5.74) is 0. The van der Waals surface area contributed by atoms with Gasteiger partial charge in [-0.3, -0.25) is 0 Å². The van der Waals surface area contributed by atoms with Crippen LogP contribution in [0.2, 0.25) is 0 Å². The topological polar surface area (TPSA) is 20.2 Å². The summed E-state index contributed by atoms with van der Waals surface area (Å²) in [4.78, 5) is 0. The van der Waals surface area contributed by atoms with Crippen molar-refractivity contribution in [2.24, 2.45) is 0 Å². The number of hydrogen-bond acceptors (Lipinski definition) is 4. The molecule has 0 rings (SSSR count). The maximum Gasteiger partial charge on any atom is 0.0521 e. The molecule has 104 valence electrons. The molecule has 0 aromatic carbocycles. The average molecular weight is 358 g/mol. The van der Waals surface area contributed by atoms with E-state index in [9.17, 15) is 0 Å². The zero-order chi connectivity index (χ0) is 12.9. The molecule has 0 heterocycles. The number of hydrogen-bond donors (Lipinski definition) is 1. The van der Waals surface area contributed by atoms with Crippen molar-refractivity contribution in [3.8, 4) is 0 Å². The molecule has 0 amide bonds. The molecular weight excluding hydrogens is 339 g/mol. The van der Waals surface area contributed by atoms with E-state index in [2.05, 4.69) is 0 Å². The van der Waals surface area contributed by atoms with E-state index in [1.54, 1.807) is 11.8 Å². The van der Waals surface area contributed by atoms with Gasteiger partial charge >= 0.3 is 0 Å². The summed E-state index contributed by atoms with van der Waals surface area (Å²) < 4.78 is 0. The van der Waals surface area contributed by atoms with E-state index >= 15 is 0 Å². The van der Waals surface area contributed by atoms with Crippen LogP contribution in [0.25, 0.3) is 0 Å². The van der Waals surface area contributed by atoms with Gasteiger partial charge in [-0.05, 0) is 0 Å². The molecule has 0 fully saturated rings. The van der Waals surface area contributed by atoms with Crippen LogP contribution >= 0.6 is 70.1 Å². The Balaban J connectivity index is 3.61. The molecule has 7 heteroatoms. The van der Waals surface area contributed by atoms with Crippen LogP contribution < -0.4 is 0 Å². The molecule has 0 saturated heterocycles. The molecule has 0 aromatic heterocycles. The van der Waals surface area contributed by atoms with Gasteiger partial charge in [0, 0.05) is 51.2 Å². The second kappa shape index (κ2) is 14.3. The number of thioether (sulfide) groups is 3. The normalized spacial score (nSPS) is 14.8. The molecular formula is C10H19Cl3OS3. The molecule has 0 aliphatic heterocycles. The molecule has 2 atom stereocenters. The zero-order valence-electron chi connectivity index (χ0n) is 9.62. The monoisotopic (exact) mass is 356 g/mol. The molecule has 0 spiro atoms. The van der Waals surface area contributed by atoms with Gasteiger partial charge in [0.05, 0.1) is 6.61 Å². The molecule has 1 nitrogen and oxygen atoms in total. The van der Waals surface area contributed by atoms with Gasteiger partial charge in [-0.1, -0.05) is 0 Å². The standard InChI is InChI=1S/C10H19Cl3OS3/c11-1-3-16-9(5-12)7-15-8-10(6-13)17-4-2-14/h9-10,14H,1-8H2. The van der Waals surface area contributed by atoms with Crippen molar-refractivity contribution in [2.45, 2.75) is 10.5 Å². The van der Waals surface area contributed by atoms with Gasteiger partial charge in [-0.2, -0.15) is 35.3 Å². The van der Waals surface area contributed by atoms with Crippen molar-refractivity contribution in [2.75, 3.05) is 47.3 Å². The summed E-state index contributed by atoms with van der Waals surface area (Å²) in [6.45, 7) is 0.221. The van der Waals surface area contributed by atoms with Crippen molar-refractivity contribution in [3.63, 3.8) is 0 Å². The lowest BCUT2D eigenvalue weighted by Crippen LogP contribution is -2.15. The maximum atomic E-state index is 8.76. The van der Waals surface area contributed by atoms with Gasteiger partial charge in [-0.25, -0.2) is 0 Å². The van der Waals surface area contributed by atoms with Crippen LogP contribution in [0.4, 0.5) is 0 Å². The van der Waals surface area contributed by atoms with Gasteiger partial charge in [0.2, 0.25) is 0 Å². The van der Waals surface area contributed by atoms with Crippen LogP contribution in [-0.2, 0) is 0 Å². The lowest BCUT2D eigenvalue weighted by atomic mass is 10.5. The minimum Gasteiger partial charge on any atom is -0.396 e. The van der Waals surface area contributed by atoms with Crippen molar-refractivity contribution in [3.05, 3.63) is 0 Å².